The molecule has 0 atom stereocenters. The summed E-state index contributed by atoms with van der Waals surface area (Å²) in [7, 11) is -3.81. The average molecular weight is 314 g/mol. The quantitative estimate of drug-likeness (QED) is 0.749. The van der Waals surface area contributed by atoms with E-state index in [1.165, 1.54) is 10.5 Å². The fourth-order valence-corrected chi connectivity index (χ4v) is 3.26. The Bertz CT molecular complexity index is 564. The fraction of sp³-hybridized carbons (Fsp3) is 0.571. The molecule has 0 aromatic carbocycles. The molecule has 21 heavy (non-hydrogen) atoms. The van der Waals surface area contributed by atoms with Crippen molar-refractivity contribution >= 4 is 21.7 Å². The van der Waals surface area contributed by atoms with Gasteiger partial charge in [-0.2, -0.15) is 0 Å². The topological polar surface area (TPSA) is 76.6 Å². The van der Waals surface area contributed by atoms with Crippen LogP contribution in [0.5, 0.6) is 0 Å². The van der Waals surface area contributed by atoms with E-state index in [4.69, 9.17) is 4.74 Å². The third kappa shape index (κ3) is 5.71. The normalized spacial score (nSPS) is 12.0. The Morgan fingerprint density at radius 3 is 2.52 bits per heavy atom. The van der Waals surface area contributed by atoms with Gasteiger partial charge in [0, 0.05) is 12.7 Å². The van der Waals surface area contributed by atoms with Crippen LogP contribution in [0, 0.1) is 5.41 Å². The van der Waals surface area contributed by atoms with Crippen LogP contribution in [0.3, 0.4) is 0 Å². The standard InChI is InChI=1S/C14H22N2O4S/c1-5-20-13(17)10-21(18,19)16(11-14(2,3)4)12-7-6-8-15-9-12/h6-9H,5,10-11H2,1-4H3. The van der Waals surface area contributed by atoms with Crippen molar-refractivity contribution < 1.29 is 17.9 Å². The summed E-state index contributed by atoms with van der Waals surface area (Å²) in [6.07, 6.45) is 3.03. The van der Waals surface area contributed by atoms with Gasteiger partial charge in [0.1, 0.15) is 0 Å². The Balaban J connectivity index is 3.09. The van der Waals surface area contributed by atoms with Crippen molar-refractivity contribution in [2.24, 2.45) is 5.41 Å². The first kappa shape index (κ1) is 17.4. The van der Waals surface area contributed by atoms with E-state index in [-0.39, 0.29) is 18.6 Å². The highest BCUT2D eigenvalue weighted by atomic mass is 32.2. The second kappa shape index (κ2) is 6.89. The van der Waals surface area contributed by atoms with Crippen molar-refractivity contribution in [3.63, 3.8) is 0 Å². The number of hydrogen-bond acceptors (Lipinski definition) is 5. The third-order valence-corrected chi connectivity index (χ3v) is 4.11. The molecule has 0 amide bonds. The molecule has 0 fully saturated rings. The van der Waals surface area contributed by atoms with Crippen LogP contribution < -0.4 is 4.31 Å². The second-order valence-electron chi connectivity index (χ2n) is 5.84. The maximum atomic E-state index is 12.5. The van der Waals surface area contributed by atoms with Crippen LogP contribution in [-0.4, -0.2) is 38.3 Å². The van der Waals surface area contributed by atoms with Gasteiger partial charge in [0.05, 0.1) is 18.5 Å². The van der Waals surface area contributed by atoms with Crippen molar-refractivity contribution in [2.45, 2.75) is 27.7 Å². The number of aromatic nitrogens is 1. The molecule has 1 heterocycles. The SMILES string of the molecule is CCOC(=O)CS(=O)(=O)N(CC(C)(C)C)c1cccnc1. The lowest BCUT2D eigenvalue weighted by Crippen LogP contribution is -2.41. The van der Waals surface area contributed by atoms with E-state index in [1.807, 2.05) is 20.8 Å². The van der Waals surface area contributed by atoms with Crippen molar-refractivity contribution in [3.8, 4) is 0 Å². The number of esters is 1. The van der Waals surface area contributed by atoms with Gasteiger partial charge in [-0.15, -0.1) is 0 Å². The molecule has 1 aromatic rings. The molecule has 6 nitrogen and oxygen atoms in total. The van der Waals surface area contributed by atoms with Crippen LogP contribution in [0.1, 0.15) is 27.7 Å². The highest BCUT2D eigenvalue weighted by Gasteiger charge is 2.30. The van der Waals surface area contributed by atoms with Crippen molar-refractivity contribution in [3.05, 3.63) is 24.5 Å². The Labute approximate surface area is 126 Å². The molecule has 0 aliphatic carbocycles. The zero-order chi connectivity index (χ0) is 16.1. The lowest BCUT2D eigenvalue weighted by atomic mass is 9.97. The number of hydrogen-bond donors (Lipinski definition) is 0. The fourth-order valence-electron chi connectivity index (χ4n) is 1.71. The van der Waals surface area contributed by atoms with Crippen LogP contribution >= 0.6 is 0 Å². The maximum Gasteiger partial charge on any atom is 0.323 e. The van der Waals surface area contributed by atoms with Crippen molar-refractivity contribution in [1.82, 2.24) is 4.98 Å². The van der Waals surface area contributed by atoms with Gasteiger partial charge in [0.2, 0.25) is 10.0 Å². The predicted octanol–water partition coefficient (Wildman–Crippen LogP) is 1.83. The summed E-state index contributed by atoms with van der Waals surface area (Å²) >= 11 is 0. The van der Waals surface area contributed by atoms with E-state index in [2.05, 4.69) is 4.98 Å². The molecule has 0 saturated carbocycles. The lowest BCUT2D eigenvalue weighted by molar-refractivity contribution is -0.139. The molecule has 7 heteroatoms. The predicted molar refractivity (Wildman–Crippen MR) is 81.5 cm³/mol. The maximum absolute atomic E-state index is 12.5. The van der Waals surface area contributed by atoms with Gasteiger partial charge < -0.3 is 4.74 Å². The first-order valence-electron chi connectivity index (χ1n) is 6.72. The van der Waals surface area contributed by atoms with Crippen LogP contribution in [-0.2, 0) is 19.6 Å². The number of pyridine rings is 1. The van der Waals surface area contributed by atoms with Gasteiger partial charge in [0.15, 0.2) is 5.75 Å². The van der Waals surface area contributed by atoms with E-state index in [0.717, 1.165) is 0 Å². The average Bonchev–Trinajstić information content (AvgIpc) is 2.35. The molecular formula is C14H22N2O4S. The zero-order valence-electron chi connectivity index (χ0n) is 12.9. The van der Waals surface area contributed by atoms with Crippen molar-refractivity contribution in [2.75, 3.05) is 23.2 Å². The monoisotopic (exact) mass is 314 g/mol. The molecule has 0 aliphatic rings. The number of carbonyl (C=O) groups excluding carboxylic acids is 1. The van der Waals surface area contributed by atoms with Gasteiger partial charge in [-0.05, 0) is 24.5 Å². The molecule has 1 rings (SSSR count). The highest BCUT2D eigenvalue weighted by Crippen LogP contribution is 2.24. The number of anilines is 1. The van der Waals surface area contributed by atoms with Gasteiger partial charge in [-0.1, -0.05) is 20.8 Å². The van der Waals surface area contributed by atoms with E-state index < -0.39 is 21.7 Å². The molecule has 0 saturated heterocycles. The van der Waals surface area contributed by atoms with E-state index in [0.29, 0.717) is 5.69 Å². The highest BCUT2D eigenvalue weighted by molar-refractivity contribution is 7.93. The van der Waals surface area contributed by atoms with Gasteiger partial charge in [-0.3, -0.25) is 14.1 Å². The molecular weight excluding hydrogens is 292 g/mol. The molecule has 0 unspecified atom stereocenters. The minimum absolute atomic E-state index is 0.153. The minimum Gasteiger partial charge on any atom is -0.465 e. The summed E-state index contributed by atoms with van der Waals surface area (Å²) in [5, 5.41) is 0. The molecule has 0 radical (unpaired) electrons. The van der Waals surface area contributed by atoms with Gasteiger partial charge in [0.25, 0.3) is 0 Å². The van der Waals surface area contributed by atoms with E-state index >= 15 is 0 Å². The van der Waals surface area contributed by atoms with Gasteiger partial charge >= 0.3 is 5.97 Å². The third-order valence-electron chi connectivity index (χ3n) is 2.49. The van der Waals surface area contributed by atoms with Gasteiger partial charge in [-0.25, -0.2) is 8.42 Å². The number of rotatable bonds is 6. The summed E-state index contributed by atoms with van der Waals surface area (Å²) in [5.41, 5.74) is 0.175. The first-order chi connectivity index (χ1) is 9.65. The molecule has 0 spiro atoms. The molecule has 0 bridgehead atoms. The summed E-state index contributed by atoms with van der Waals surface area (Å²) in [6, 6.07) is 3.31. The Hall–Kier alpha value is -1.63. The first-order valence-corrected chi connectivity index (χ1v) is 8.33. The minimum atomic E-state index is -3.81. The number of ether oxygens (including phenoxy) is 1. The Morgan fingerprint density at radius 2 is 2.05 bits per heavy atom. The smallest absolute Gasteiger partial charge is 0.323 e. The van der Waals surface area contributed by atoms with E-state index in [1.54, 1.807) is 25.3 Å². The largest absolute Gasteiger partial charge is 0.465 e. The number of sulfonamides is 1. The second-order valence-corrected chi connectivity index (χ2v) is 7.73. The summed E-state index contributed by atoms with van der Waals surface area (Å²) in [5.74, 6) is -1.42. The van der Waals surface area contributed by atoms with Crippen molar-refractivity contribution in [1.29, 1.82) is 0 Å². The van der Waals surface area contributed by atoms with Crippen LogP contribution in [0.4, 0.5) is 5.69 Å². The Kier molecular flexibility index (Phi) is 5.71. The van der Waals surface area contributed by atoms with Crippen LogP contribution in [0.15, 0.2) is 24.5 Å². The molecule has 0 aliphatic heterocycles. The lowest BCUT2D eigenvalue weighted by Gasteiger charge is -2.30. The number of carbonyl (C=O) groups is 1. The summed E-state index contributed by atoms with van der Waals surface area (Å²) in [6.45, 7) is 7.82. The number of nitrogens with zero attached hydrogens (tertiary/aromatic N) is 2. The van der Waals surface area contributed by atoms with Crippen LogP contribution in [0.2, 0.25) is 0 Å². The molecule has 1 aromatic heterocycles. The molecule has 118 valence electrons. The Morgan fingerprint density at radius 1 is 1.38 bits per heavy atom. The summed E-state index contributed by atoms with van der Waals surface area (Å²) < 4.78 is 30.9. The summed E-state index contributed by atoms with van der Waals surface area (Å²) in [4.78, 5) is 15.5. The molecule has 0 N–H and O–H groups in total. The zero-order valence-corrected chi connectivity index (χ0v) is 13.7. The van der Waals surface area contributed by atoms with Crippen LogP contribution in [0.25, 0.3) is 0 Å². The van der Waals surface area contributed by atoms with E-state index in [9.17, 15) is 13.2 Å².